The summed E-state index contributed by atoms with van der Waals surface area (Å²) in [5, 5.41) is 3.49. The quantitative estimate of drug-likeness (QED) is 0.807. The first-order valence-electron chi connectivity index (χ1n) is 8.89. The number of likely N-dealkylation sites (tertiary alicyclic amines) is 1. The van der Waals surface area contributed by atoms with Crippen molar-refractivity contribution in [3.8, 4) is 0 Å². The molecule has 0 saturated carbocycles. The van der Waals surface area contributed by atoms with Crippen LogP contribution in [-0.2, 0) is 0 Å². The molecule has 2 rings (SSSR count). The summed E-state index contributed by atoms with van der Waals surface area (Å²) >= 11 is 0. The number of hydrogen-bond donors (Lipinski definition) is 1. The Balaban J connectivity index is 1.82. The fraction of sp³-hybridized carbons (Fsp3) is 1.00. The summed E-state index contributed by atoms with van der Waals surface area (Å²) in [7, 11) is 0. The third-order valence-electron chi connectivity index (χ3n) is 5.21. The molecule has 1 N–H and O–H groups in total. The normalized spacial score (nSPS) is 23.9. The van der Waals surface area contributed by atoms with Crippen molar-refractivity contribution in [2.75, 3.05) is 39.3 Å². The molecule has 0 aromatic rings. The fourth-order valence-corrected chi connectivity index (χ4v) is 3.87. The van der Waals surface area contributed by atoms with Gasteiger partial charge >= 0.3 is 0 Å². The van der Waals surface area contributed by atoms with Gasteiger partial charge in [0.1, 0.15) is 0 Å². The van der Waals surface area contributed by atoms with E-state index in [4.69, 9.17) is 0 Å². The molecule has 3 nitrogen and oxygen atoms in total. The molecule has 0 bridgehead atoms. The predicted octanol–water partition coefficient (Wildman–Crippen LogP) is 2.57. The van der Waals surface area contributed by atoms with Crippen molar-refractivity contribution in [3.05, 3.63) is 0 Å². The minimum absolute atomic E-state index is 0.722. The minimum atomic E-state index is 0.722. The maximum absolute atomic E-state index is 3.49. The topological polar surface area (TPSA) is 18.5 Å². The Kier molecular flexibility index (Phi) is 6.79. The summed E-state index contributed by atoms with van der Waals surface area (Å²) < 4.78 is 0. The second-order valence-corrected chi connectivity index (χ2v) is 7.05. The molecule has 2 fully saturated rings. The van der Waals surface area contributed by atoms with E-state index in [-0.39, 0.29) is 0 Å². The highest BCUT2D eigenvalue weighted by Gasteiger charge is 2.27. The van der Waals surface area contributed by atoms with Crippen molar-refractivity contribution in [2.45, 2.75) is 65.0 Å². The van der Waals surface area contributed by atoms with Crippen LogP contribution in [0, 0.1) is 5.92 Å². The van der Waals surface area contributed by atoms with E-state index in [0.717, 1.165) is 18.0 Å². The van der Waals surface area contributed by atoms with E-state index in [1.54, 1.807) is 0 Å². The molecule has 3 heteroatoms. The van der Waals surface area contributed by atoms with Gasteiger partial charge in [-0.1, -0.05) is 6.92 Å². The molecule has 0 unspecified atom stereocenters. The van der Waals surface area contributed by atoms with Crippen molar-refractivity contribution in [1.29, 1.82) is 0 Å². The number of hydrogen-bond acceptors (Lipinski definition) is 3. The van der Waals surface area contributed by atoms with E-state index >= 15 is 0 Å². The standard InChI is InChI=1S/C17H35N3/c1-4-11-20(14-16-5-9-18-10-6-16)17-7-12-19(13-8-17)15(2)3/h15-18H,4-14H2,1-3H3. The lowest BCUT2D eigenvalue weighted by molar-refractivity contribution is 0.0767. The van der Waals surface area contributed by atoms with Gasteiger partial charge in [0.25, 0.3) is 0 Å². The van der Waals surface area contributed by atoms with Crippen LogP contribution < -0.4 is 5.32 Å². The van der Waals surface area contributed by atoms with E-state index in [9.17, 15) is 0 Å². The highest BCUT2D eigenvalue weighted by molar-refractivity contribution is 4.83. The molecular weight excluding hydrogens is 246 g/mol. The lowest BCUT2D eigenvalue weighted by Gasteiger charge is -2.41. The molecule has 20 heavy (non-hydrogen) atoms. The van der Waals surface area contributed by atoms with Crippen molar-refractivity contribution >= 4 is 0 Å². The van der Waals surface area contributed by atoms with Gasteiger partial charge in [-0.25, -0.2) is 0 Å². The van der Waals surface area contributed by atoms with Crippen LogP contribution in [0.2, 0.25) is 0 Å². The summed E-state index contributed by atoms with van der Waals surface area (Å²) in [5.74, 6) is 0.936. The first-order chi connectivity index (χ1) is 9.70. The number of nitrogens with zero attached hydrogens (tertiary/aromatic N) is 2. The highest BCUT2D eigenvalue weighted by atomic mass is 15.2. The number of nitrogens with one attached hydrogen (secondary N) is 1. The molecule has 2 aliphatic rings. The van der Waals surface area contributed by atoms with Gasteiger partial charge < -0.3 is 15.1 Å². The van der Waals surface area contributed by atoms with Crippen LogP contribution in [0.4, 0.5) is 0 Å². The Morgan fingerprint density at radius 3 is 2.30 bits per heavy atom. The van der Waals surface area contributed by atoms with Crippen molar-refractivity contribution in [2.24, 2.45) is 5.92 Å². The molecule has 0 aliphatic carbocycles. The SMILES string of the molecule is CCCN(CC1CCNCC1)C1CCN(C(C)C)CC1. The Bertz CT molecular complexity index is 253. The number of piperidine rings is 2. The van der Waals surface area contributed by atoms with Crippen LogP contribution in [0.25, 0.3) is 0 Å². The lowest BCUT2D eigenvalue weighted by atomic mass is 9.94. The summed E-state index contributed by atoms with van der Waals surface area (Å²) in [6.45, 7) is 14.7. The minimum Gasteiger partial charge on any atom is -0.317 e. The lowest BCUT2D eigenvalue weighted by Crippen LogP contribution is -2.49. The van der Waals surface area contributed by atoms with E-state index in [1.807, 2.05) is 0 Å². The van der Waals surface area contributed by atoms with Crippen LogP contribution in [0.15, 0.2) is 0 Å². The van der Waals surface area contributed by atoms with Crippen molar-refractivity contribution < 1.29 is 0 Å². The molecule has 0 spiro atoms. The second-order valence-electron chi connectivity index (χ2n) is 7.05. The Hall–Kier alpha value is -0.120. The molecule has 0 amide bonds. The van der Waals surface area contributed by atoms with Crippen LogP contribution in [-0.4, -0.2) is 61.2 Å². The molecule has 0 radical (unpaired) electrons. The van der Waals surface area contributed by atoms with Gasteiger partial charge in [-0.3, -0.25) is 0 Å². The Morgan fingerprint density at radius 2 is 1.75 bits per heavy atom. The Morgan fingerprint density at radius 1 is 1.10 bits per heavy atom. The van der Waals surface area contributed by atoms with Gasteiger partial charge in [-0.15, -0.1) is 0 Å². The van der Waals surface area contributed by atoms with Crippen LogP contribution in [0.5, 0.6) is 0 Å². The monoisotopic (exact) mass is 281 g/mol. The average Bonchev–Trinajstić information content (AvgIpc) is 2.48. The largest absolute Gasteiger partial charge is 0.317 e. The predicted molar refractivity (Wildman–Crippen MR) is 87.2 cm³/mol. The van der Waals surface area contributed by atoms with Crippen molar-refractivity contribution in [3.63, 3.8) is 0 Å². The highest BCUT2D eigenvalue weighted by Crippen LogP contribution is 2.22. The average molecular weight is 281 g/mol. The van der Waals surface area contributed by atoms with Gasteiger partial charge in [0, 0.05) is 18.6 Å². The first-order valence-corrected chi connectivity index (χ1v) is 8.89. The molecule has 0 atom stereocenters. The molecular formula is C17H35N3. The van der Waals surface area contributed by atoms with Crippen LogP contribution in [0.3, 0.4) is 0 Å². The zero-order chi connectivity index (χ0) is 14.4. The van der Waals surface area contributed by atoms with E-state index in [2.05, 4.69) is 35.9 Å². The molecule has 2 heterocycles. The zero-order valence-corrected chi connectivity index (χ0v) is 13.9. The molecule has 2 saturated heterocycles. The van der Waals surface area contributed by atoms with Gasteiger partial charge in [0.15, 0.2) is 0 Å². The van der Waals surface area contributed by atoms with Gasteiger partial charge in [-0.05, 0) is 84.6 Å². The zero-order valence-electron chi connectivity index (χ0n) is 13.9. The van der Waals surface area contributed by atoms with E-state index in [0.29, 0.717) is 0 Å². The molecule has 0 aromatic heterocycles. The van der Waals surface area contributed by atoms with Gasteiger partial charge in [0.05, 0.1) is 0 Å². The third kappa shape index (κ3) is 4.71. The molecule has 0 aromatic carbocycles. The fourth-order valence-electron chi connectivity index (χ4n) is 3.87. The Labute approximate surface area is 126 Å². The number of rotatable bonds is 6. The summed E-state index contributed by atoms with van der Waals surface area (Å²) in [6.07, 6.45) is 6.82. The van der Waals surface area contributed by atoms with Crippen LogP contribution >= 0.6 is 0 Å². The van der Waals surface area contributed by atoms with Gasteiger partial charge in [-0.2, -0.15) is 0 Å². The summed E-state index contributed by atoms with van der Waals surface area (Å²) in [4.78, 5) is 5.47. The smallest absolute Gasteiger partial charge is 0.0120 e. The maximum atomic E-state index is 3.49. The van der Waals surface area contributed by atoms with Gasteiger partial charge in [0.2, 0.25) is 0 Å². The first kappa shape index (κ1) is 16.3. The summed E-state index contributed by atoms with van der Waals surface area (Å²) in [5.41, 5.74) is 0. The van der Waals surface area contributed by atoms with Crippen LogP contribution in [0.1, 0.15) is 52.9 Å². The molecule has 118 valence electrons. The maximum Gasteiger partial charge on any atom is 0.0120 e. The van der Waals surface area contributed by atoms with Crippen molar-refractivity contribution in [1.82, 2.24) is 15.1 Å². The van der Waals surface area contributed by atoms with E-state index in [1.165, 1.54) is 71.4 Å². The summed E-state index contributed by atoms with van der Waals surface area (Å²) in [6, 6.07) is 1.57. The molecule has 2 aliphatic heterocycles. The third-order valence-corrected chi connectivity index (χ3v) is 5.21. The van der Waals surface area contributed by atoms with E-state index < -0.39 is 0 Å². The second kappa shape index (κ2) is 8.35.